The van der Waals surface area contributed by atoms with E-state index in [1.165, 1.54) is 11.6 Å². The van der Waals surface area contributed by atoms with Gasteiger partial charge in [-0.15, -0.1) is 0 Å². The van der Waals surface area contributed by atoms with Crippen LogP contribution in [0, 0.1) is 13.8 Å². The molecule has 2 fully saturated rings. The van der Waals surface area contributed by atoms with Gasteiger partial charge < -0.3 is 24.8 Å². The molecule has 220 valence electrons. The number of pyridine rings is 1. The molecule has 2 aliphatic heterocycles. The number of likely N-dealkylation sites (N-methyl/N-ethyl adjacent to an activating group) is 1. The maximum Gasteiger partial charge on any atom is 0.251 e. The SMILES string of the molecule is C=CC(=O)N(c1cc(C(=O)NCc2ccc(C)cc2C)cc(-c2ccc(N3CCN(C)CC3)nc2)c1)C1CCOCC1. The van der Waals surface area contributed by atoms with Crippen molar-refractivity contribution in [3.63, 3.8) is 0 Å². The number of rotatable bonds is 8. The van der Waals surface area contributed by atoms with Crippen LogP contribution in [0.25, 0.3) is 11.1 Å². The molecule has 0 spiro atoms. The van der Waals surface area contributed by atoms with Gasteiger partial charge in [0, 0.05) is 75.0 Å². The van der Waals surface area contributed by atoms with Crippen molar-refractivity contribution in [1.29, 1.82) is 0 Å². The largest absolute Gasteiger partial charge is 0.381 e. The van der Waals surface area contributed by atoms with Crippen molar-refractivity contribution in [3.8, 4) is 11.1 Å². The Bertz CT molecular complexity index is 1420. The summed E-state index contributed by atoms with van der Waals surface area (Å²) in [6.45, 7) is 13.4. The molecule has 5 rings (SSSR count). The van der Waals surface area contributed by atoms with Gasteiger partial charge in [0.15, 0.2) is 0 Å². The molecule has 2 aliphatic rings. The summed E-state index contributed by atoms with van der Waals surface area (Å²) in [5.74, 6) is 0.558. The van der Waals surface area contributed by atoms with Crippen LogP contribution in [-0.4, -0.2) is 74.2 Å². The van der Waals surface area contributed by atoms with Crippen LogP contribution in [-0.2, 0) is 16.1 Å². The third-order valence-electron chi connectivity index (χ3n) is 8.27. The monoisotopic (exact) mass is 567 g/mol. The summed E-state index contributed by atoms with van der Waals surface area (Å²) in [5.41, 5.74) is 6.27. The molecule has 0 saturated carbocycles. The number of aryl methyl sites for hydroxylation is 2. The Kier molecular flexibility index (Phi) is 9.35. The number of benzene rings is 2. The summed E-state index contributed by atoms with van der Waals surface area (Å²) in [5, 5.41) is 3.09. The van der Waals surface area contributed by atoms with Gasteiger partial charge in [-0.1, -0.05) is 30.3 Å². The zero-order chi connectivity index (χ0) is 29.6. The number of nitrogens with zero attached hydrogens (tertiary/aromatic N) is 4. The Hall–Kier alpha value is -4.01. The lowest BCUT2D eigenvalue weighted by Gasteiger charge is -2.34. The number of aromatic nitrogens is 1. The molecule has 0 bridgehead atoms. The molecule has 8 heteroatoms. The quantitative estimate of drug-likeness (QED) is 0.396. The second kappa shape index (κ2) is 13.3. The van der Waals surface area contributed by atoms with Crippen LogP contribution in [0.4, 0.5) is 11.5 Å². The summed E-state index contributed by atoms with van der Waals surface area (Å²) < 4.78 is 5.57. The Balaban J connectivity index is 1.48. The third-order valence-corrected chi connectivity index (χ3v) is 8.27. The number of nitrogens with one attached hydrogen (secondary N) is 1. The van der Waals surface area contributed by atoms with E-state index in [2.05, 4.69) is 60.8 Å². The van der Waals surface area contributed by atoms with Gasteiger partial charge in [0.1, 0.15) is 5.82 Å². The number of carbonyl (C=O) groups excluding carboxylic acids is 2. The molecule has 0 radical (unpaired) electrons. The van der Waals surface area contributed by atoms with E-state index in [4.69, 9.17) is 9.72 Å². The van der Waals surface area contributed by atoms with E-state index in [0.717, 1.165) is 67.1 Å². The lowest BCUT2D eigenvalue weighted by Crippen LogP contribution is -2.44. The van der Waals surface area contributed by atoms with Crippen molar-refractivity contribution in [2.75, 3.05) is 56.2 Å². The van der Waals surface area contributed by atoms with Crippen LogP contribution in [0.3, 0.4) is 0 Å². The van der Waals surface area contributed by atoms with Crippen molar-refractivity contribution >= 4 is 23.3 Å². The zero-order valence-electron chi connectivity index (χ0n) is 24.9. The molecule has 3 heterocycles. The lowest BCUT2D eigenvalue weighted by molar-refractivity contribution is -0.115. The molecule has 3 aromatic rings. The van der Waals surface area contributed by atoms with Crippen molar-refractivity contribution < 1.29 is 14.3 Å². The Labute approximate surface area is 249 Å². The highest BCUT2D eigenvalue weighted by molar-refractivity contribution is 6.04. The fourth-order valence-electron chi connectivity index (χ4n) is 5.71. The normalized spacial score (nSPS) is 16.2. The number of carbonyl (C=O) groups is 2. The van der Waals surface area contributed by atoms with E-state index in [1.54, 1.807) is 4.90 Å². The molecule has 1 N–H and O–H groups in total. The smallest absolute Gasteiger partial charge is 0.251 e. The minimum atomic E-state index is -0.196. The molecule has 42 heavy (non-hydrogen) atoms. The van der Waals surface area contributed by atoms with Gasteiger partial charge in [-0.25, -0.2) is 4.98 Å². The Morgan fingerprint density at radius 3 is 2.45 bits per heavy atom. The highest BCUT2D eigenvalue weighted by Gasteiger charge is 2.27. The fraction of sp³-hybridized carbons (Fsp3) is 0.382. The van der Waals surface area contributed by atoms with Crippen molar-refractivity contribution in [3.05, 3.63) is 89.6 Å². The Morgan fingerprint density at radius 1 is 1.02 bits per heavy atom. The van der Waals surface area contributed by atoms with E-state index in [1.807, 2.05) is 36.5 Å². The molecule has 8 nitrogen and oxygen atoms in total. The predicted molar refractivity (Wildman–Crippen MR) is 168 cm³/mol. The van der Waals surface area contributed by atoms with Crippen molar-refractivity contribution in [2.24, 2.45) is 0 Å². The molecule has 2 aromatic carbocycles. The van der Waals surface area contributed by atoms with Crippen LogP contribution in [0.2, 0.25) is 0 Å². The Morgan fingerprint density at radius 2 is 1.79 bits per heavy atom. The second-order valence-corrected chi connectivity index (χ2v) is 11.3. The average Bonchev–Trinajstić information content (AvgIpc) is 3.01. The number of amides is 2. The van der Waals surface area contributed by atoms with Crippen LogP contribution >= 0.6 is 0 Å². The van der Waals surface area contributed by atoms with E-state index in [-0.39, 0.29) is 17.9 Å². The van der Waals surface area contributed by atoms with Gasteiger partial charge in [0.05, 0.1) is 0 Å². The summed E-state index contributed by atoms with van der Waals surface area (Å²) in [4.78, 5) is 37.9. The number of hydrogen-bond acceptors (Lipinski definition) is 6. The van der Waals surface area contributed by atoms with Crippen LogP contribution in [0.5, 0.6) is 0 Å². The molecular formula is C34H41N5O3. The fourth-order valence-corrected chi connectivity index (χ4v) is 5.71. The number of ether oxygens (including phenoxy) is 1. The topological polar surface area (TPSA) is 78.0 Å². The first-order chi connectivity index (χ1) is 20.3. The summed E-state index contributed by atoms with van der Waals surface area (Å²) in [6.07, 6.45) is 4.64. The maximum atomic E-state index is 13.6. The molecule has 1 aromatic heterocycles. The molecule has 0 aliphatic carbocycles. The lowest BCUT2D eigenvalue weighted by atomic mass is 9.99. The molecule has 0 unspecified atom stereocenters. The number of anilines is 2. The van der Waals surface area contributed by atoms with Gasteiger partial charge in [0.2, 0.25) is 0 Å². The minimum absolute atomic E-state index is 0.0386. The maximum absolute atomic E-state index is 13.6. The van der Waals surface area contributed by atoms with Gasteiger partial charge in [-0.3, -0.25) is 9.59 Å². The van der Waals surface area contributed by atoms with E-state index in [0.29, 0.717) is 31.0 Å². The molecule has 2 amide bonds. The zero-order valence-corrected chi connectivity index (χ0v) is 24.9. The summed E-state index contributed by atoms with van der Waals surface area (Å²) in [6, 6.07) is 15.9. The summed E-state index contributed by atoms with van der Waals surface area (Å²) in [7, 11) is 2.14. The standard InChI is InChI=1S/C34H41N5O3/c1-5-33(40)39(30-10-16-42-17-11-30)31-20-28(27-8-9-32(35-23-27)38-14-12-37(4)13-15-38)19-29(21-31)34(41)36-22-26-7-6-24(2)18-25(26)3/h5-9,18-21,23,30H,1,10-17,22H2,2-4H3,(H,36,41). The molecular weight excluding hydrogens is 526 g/mol. The predicted octanol–water partition coefficient (Wildman–Crippen LogP) is 4.75. The average molecular weight is 568 g/mol. The van der Waals surface area contributed by atoms with Crippen molar-refractivity contribution in [2.45, 2.75) is 39.3 Å². The second-order valence-electron chi connectivity index (χ2n) is 11.3. The first kappa shape index (κ1) is 29.5. The van der Waals surface area contributed by atoms with Gasteiger partial charge in [-0.05, 0) is 86.8 Å². The van der Waals surface area contributed by atoms with E-state index < -0.39 is 0 Å². The van der Waals surface area contributed by atoms with E-state index in [9.17, 15) is 9.59 Å². The molecule has 2 saturated heterocycles. The minimum Gasteiger partial charge on any atom is -0.381 e. The summed E-state index contributed by atoms with van der Waals surface area (Å²) >= 11 is 0. The highest BCUT2D eigenvalue weighted by Crippen LogP contribution is 2.31. The highest BCUT2D eigenvalue weighted by atomic mass is 16.5. The van der Waals surface area contributed by atoms with Crippen LogP contribution < -0.4 is 15.1 Å². The van der Waals surface area contributed by atoms with Gasteiger partial charge in [-0.2, -0.15) is 0 Å². The number of hydrogen-bond donors (Lipinski definition) is 1. The van der Waals surface area contributed by atoms with Crippen LogP contribution in [0.1, 0.15) is 39.9 Å². The first-order valence-electron chi connectivity index (χ1n) is 14.7. The van der Waals surface area contributed by atoms with Crippen LogP contribution in [0.15, 0.2) is 67.4 Å². The van der Waals surface area contributed by atoms with Gasteiger partial charge >= 0.3 is 0 Å². The van der Waals surface area contributed by atoms with E-state index >= 15 is 0 Å². The van der Waals surface area contributed by atoms with Crippen molar-refractivity contribution in [1.82, 2.24) is 15.2 Å². The third kappa shape index (κ3) is 6.89. The number of piperazine rings is 1. The van der Waals surface area contributed by atoms with Gasteiger partial charge in [0.25, 0.3) is 11.8 Å². The first-order valence-corrected chi connectivity index (χ1v) is 14.7. The molecule has 0 atom stereocenters.